The fraction of sp³-hybridized carbons (Fsp3) is 0.364. The highest BCUT2D eigenvalue weighted by atomic mass is 79.9. The highest BCUT2D eigenvalue weighted by Crippen LogP contribution is 2.14. The number of halogens is 1. The first-order chi connectivity index (χ1) is 14.0. The van der Waals surface area contributed by atoms with Gasteiger partial charge in [-0.2, -0.15) is 0 Å². The van der Waals surface area contributed by atoms with Gasteiger partial charge in [-0.25, -0.2) is 0 Å². The van der Waals surface area contributed by atoms with E-state index in [1.165, 1.54) is 5.56 Å². The summed E-state index contributed by atoms with van der Waals surface area (Å²) in [7, 11) is 1.66. The van der Waals surface area contributed by atoms with Crippen LogP contribution in [0.3, 0.4) is 0 Å². The number of hydrogen-bond donors (Lipinski definition) is 1. The molecular formula is C22H26BrN3O3. The molecule has 0 saturated carbocycles. The third-order valence-electron chi connectivity index (χ3n) is 5.02. The van der Waals surface area contributed by atoms with Gasteiger partial charge in [-0.15, -0.1) is 0 Å². The summed E-state index contributed by atoms with van der Waals surface area (Å²) in [5.74, 6) is 0.788. The van der Waals surface area contributed by atoms with Crippen molar-refractivity contribution in [3.8, 4) is 5.75 Å². The fourth-order valence-corrected chi connectivity index (χ4v) is 3.55. The molecule has 2 aromatic rings. The maximum Gasteiger partial charge on any atom is 0.251 e. The summed E-state index contributed by atoms with van der Waals surface area (Å²) in [5.41, 5.74) is 1.83. The van der Waals surface area contributed by atoms with E-state index in [-0.39, 0.29) is 11.8 Å². The largest absolute Gasteiger partial charge is 0.497 e. The zero-order chi connectivity index (χ0) is 20.6. The van der Waals surface area contributed by atoms with Crippen LogP contribution in [0.4, 0.5) is 0 Å². The van der Waals surface area contributed by atoms with Gasteiger partial charge in [-0.05, 0) is 42.0 Å². The summed E-state index contributed by atoms with van der Waals surface area (Å²) in [4.78, 5) is 28.8. The smallest absolute Gasteiger partial charge is 0.251 e. The second-order valence-electron chi connectivity index (χ2n) is 7.02. The van der Waals surface area contributed by atoms with Crippen LogP contribution in [-0.4, -0.2) is 61.4 Å². The molecule has 6 nitrogen and oxygen atoms in total. The van der Waals surface area contributed by atoms with Crippen LogP contribution in [-0.2, 0) is 11.3 Å². The molecule has 1 aliphatic heterocycles. The molecule has 1 fully saturated rings. The van der Waals surface area contributed by atoms with E-state index in [4.69, 9.17) is 4.74 Å². The van der Waals surface area contributed by atoms with Crippen molar-refractivity contribution in [3.05, 3.63) is 64.1 Å². The van der Waals surface area contributed by atoms with E-state index < -0.39 is 0 Å². The second-order valence-corrected chi connectivity index (χ2v) is 7.93. The minimum Gasteiger partial charge on any atom is -0.497 e. The number of rotatable bonds is 7. The Labute approximate surface area is 180 Å². The van der Waals surface area contributed by atoms with Crippen molar-refractivity contribution in [2.24, 2.45) is 0 Å². The Hall–Kier alpha value is -2.38. The van der Waals surface area contributed by atoms with Gasteiger partial charge in [0.15, 0.2) is 0 Å². The zero-order valence-electron chi connectivity index (χ0n) is 16.6. The lowest BCUT2D eigenvalue weighted by Crippen LogP contribution is -2.48. The minimum absolute atomic E-state index is 0.0882. The van der Waals surface area contributed by atoms with Gasteiger partial charge in [0.1, 0.15) is 5.75 Å². The number of methoxy groups -OCH3 is 1. The van der Waals surface area contributed by atoms with Gasteiger partial charge in [0, 0.05) is 55.7 Å². The van der Waals surface area contributed by atoms with Gasteiger partial charge < -0.3 is 15.0 Å². The topological polar surface area (TPSA) is 61.9 Å². The summed E-state index contributed by atoms with van der Waals surface area (Å²) >= 11 is 3.35. The quantitative estimate of drug-likeness (QED) is 0.691. The molecule has 2 aromatic carbocycles. The lowest BCUT2D eigenvalue weighted by molar-refractivity contribution is -0.132. The molecule has 0 aromatic heterocycles. The van der Waals surface area contributed by atoms with Crippen molar-refractivity contribution in [2.45, 2.75) is 13.0 Å². The molecule has 0 aliphatic carbocycles. The number of carbonyl (C=O) groups excluding carboxylic acids is 2. The number of carbonyl (C=O) groups is 2. The maximum atomic E-state index is 12.4. The van der Waals surface area contributed by atoms with Gasteiger partial charge in [0.05, 0.1) is 7.11 Å². The molecule has 154 valence electrons. The van der Waals surface area contributed by atoms with Crippen LogP contribution in [0.25, 0.3) is 0 Å². The number of nitrogens with one attached hydrogen (secondary N) is 1. The first kappa shape index (κ1) is 21.3. The van der Waals surface area contributed by atoms with Gasteiger partial charge in [0.2, 0.25) is 5.91 Å². The molecule has 2 amide bonds. The van der Waals surface area contributed by atoms with Crippen molar-refractivity contribution in [3.63, 3.8) is 0 Å². The number of piperazine rings is 1. The van der Waals surface area contributed by atoms with E-state index in [0.717, 1.165) is 42.9 Å². The first-order valence-electron chi connectivity index (χ1n) is 9.72. The SMILES string of the molecule is COc1ccc(CN2CCN(C(=O)CCNC(=O)c3ccc(Br)cc3)CC2)cc1. The number of hydrogen-bond acceptors (Lipinski definition) is 4. The van der Waals surface area contributed by atoms with E-state index in [9.17, 15) is 9.59 Å². The molecule has 3 rings (SSSR count). The molecule has 1 heterocycles. The van der Waals surface area contributed by atoms with Gasteiger partial charge in [-0.1, -0.05) is 28.1 Å². The van der Waals surface area contributed by atoms with Crippen LogP contribution in [0.15, 0.2) is 53.0 Å². The van der Waals surface area contributed by atoms with Gasteiger partial charge in [0.25, 0.3) is 5.91 Å². The molecule has 0 unspecified atom stereocenters. The normalized spacial score (nSPS) is 14.5. The number of benzene rings is 2. The Morgan fingerprint density at radius 3 is 2.28 bits per heavy atom. The Kier molecular flexibility index (Phi) is 7.66. The highest BCUT2D eigenvalue weighted by molar-refractivity contribution is 9.10. The minimum atomic E-state index is -0.158. The molecule has 0 spiro atoms. The maximum absolute atomic E-state index is 12.4. The first-order valence-corrected chi connectivity index (χ1v) is 10.5. The predicted molar refractivity (Wildman–Crippen MR) is 116 cm³/mol. The lowest BCUT2D eigenvalue weighted by Gasteiger charge is -2.34. The average molecular weight is 460 g/mol. The molecule has 7 heteroatoms. The third-order valence-corrected chi connectivity index (χ3v) is 5.55. The summed E-state index contributed by atoms with van der Waals surface area (Å²) < 4.78 is 6.12. The van der Waals surface area contributed by atoms with Crippen LogP contribution in [0, 0.1) is 0 Å². The molecule has 1 N–H and O–H groups in total. The molecule has 1 aliphatic rings. The summed E-state index contributed by atoms with van der Waals surface area (Å²) in [6.45, 7) is 4.35. The van der Waals surface area contributed by atoms with E-state index >= 15 is 0 Å². The van der Waals surface area contributed by atoms with Crippen LogP contribution in [0.2, 0.25) is 0 Å². The Morgan fingerprint density at radius 1 is 1.00 bits per heavy atom. The highest BCUT2D eigenvalue weighted by Gasteiger charge is 2.21. The second kappa shape index (κ2) is 10.4. The van der Waals surface area contributed by atoms with E-state index in [2.05, 4.69) is 38.3 Å². The van der Waals surface area contributed by atoms with Crippen molar-refractivity contribution in [1.82, 2.24) is 15.1 Å². The lowest BCUT2D eigenvalue weighted by atomic mass is 10.2. The van der Waals surface area contributed by atoms with Crippen molar-refractivity contribution >= 4 is 27.7 Å². The predicted octanol–water partition coefficient (Wildman–Crippen LogP) is 2.92. The molecule has 0 bridgehead atoms. The monoisotopic (exact) mass is 459 g/mol. The number of nitrogens with zero attached hydrogens (tertiary/aromatic N) is 2. The standard InChI is InChI=1S/C22H26BrN3O3/c1-29-20-8-2-17(3-9-20)16-25-12-14-26(15-13-25)21(27)10-11-24-22(28)18-4-6-19(23)7-5-18/h2-9H,10-16H2,1H3,(H,24,28). The summed E-state index contributed by atoms with van der Waals surface area (Å²) in [6.07, 6.45) is 0.320. The Balaban J connectivity index is 1.37. The number of ether oxygens (including phenoxy) is 1. The van der Waals surface area contributed by atoms with Crippen molar-refractivity contribution in [2.75, 3.05) is 39.8 Å². The third kappa shape index (κ3) is 6.30. The van der Waals surface area contributed by atoms with E-state index in [0.29, 0.717) is 18.5 Å². The molecule has 0 radical (unpaired) electrons. The van der Waals surface area contributed by atoms with Crippen LogP contribution in [0.1, 0.15) is 22.3 Å². The molecule has 29 heavy (non-hydrogen) atoms. The Morgan fingerprint density at radius 2 is 1.66 bits per heavy atom. The molecular weight excluding hydrogens is 434 g/mol. The fourth-order valence-electron chi connectivity index (χ4n) is 3.29. The summed E-state index contributed by atoms with van der Waals surface area (Å²) in [5, 5.41) is 2.82. The van der Waals surface area contributed by atoms with E-state index in [1.807, 2.05) is 29.2 Å². The van der Waals surface area contributed by atoms with Gasteiger partial charge >= 0.3 is 0 Å². The van der Waals surface area contributed by atoms with E-state index in [1.54, 1.807) is 19.2 Å². The summed E-state index contributed by atoms with van der Waals surface area (Å²) in [6, 6.07) is 15.2. The molecule has 0 atom stereocenters. The zero-order valence-corrected chi connectivity index (χ0v) is 18.2. The van der Waals surface area contributed by atoms with Crippen LogP contribution in [0.5, 0.6) is 5.75 Å². The average Bonchev–Trinajstić information content (AvgIpc) is 2.75. The Bertz CT molecular complexity index is 816. The van der Waals surface area contributed by atoms with Gasteiger partial charge in [-0.3, -0.25) is 14.5 Å². The number of amides is 2. The van der Waals surface area contributed by atoms with Crippen molar-refractivity contribution in [1.29, 1.82) is 0 Å². The van der Waals surface area contributed by atoms with Crippen LogP contribution < -0.4 is 10.1 Å². The van der Waals surface area contributed by atoms with Crippen LogP contribution >= 0.6 is 15.9 Å². The molecule has 1 saturated heterocycles. The van der Waals surface area contributed by atoms with Crippen molar-refractivity contribution < 1.29 is 14.3 Å².